The van der Waals surface area contributed by atoms with Crippen molar-refractivity contribution in [1.29, 1.82) is 0 Å². The van der Waals surface area contributed by atoms with Gasteiger partial charge in [0.15, 0.2) is 6.61 Å². The van der Waals surface area contributed by atoms with E-state index in [1.165, 1.54) is 7.11 Å². The fourth-order valence-electron chi connectivity index (χ4n) is 1.86. The van der Waals surface area contributed by atoms with Gasteiger partial charge in [-0.2, -0.15) is 0 Å². The molecule has 0 heterocycles. The Morgan fingerprint density at radius 3 is 2.36 bits per heavy atom. The van der Waals surface area contributed by atoms with Gasteiger partial charge in [-0.05, 0) is 24.3 Å². The summed E-state index contributed by atoms with van der Waals surface area (Å²) in [7, 11) is 1.48. The Balaban J connectivity index is 2.19. The molecule has 0 spiro atoms. The van der Waals surface area contributed by atoms with Crippen molar-refractivity contribution in [2.24, 2.45) is 0 Å². The highest BCUT2D eigenvalue weighted by atomic mass is 16.5. The zero-order valence-corrected chi connectivity index (χ0v) is 11.9. The highest BCUT2D eigenvalue weighted by Gasteiger charge is 2.14. The van der Waals surface area contributed by atoms with Gasteiger partial charge in [0, 0.05) is 0 Å². The molecule has 0 aliphatic carbocycles. The highest BCUT2D eigenvalue weighted by Crippen LogP contribution is 2.26. The van der Waals surface area contributed by atoms with Gasteiger partial charge in [0.2, 0.25) is 0 Å². The summed E-state index contributed by atoms with van der Waals surface area (Å²) in [6.45, 7) is -0.485. The number of methoxy groups -OCH3 is 1. The van der Waals surface area contributed by atoms with Crippen LogP contribution in [0.3, 0.4) is 0 Å². The van der Waals surface area contributed by atoms with E-state index < -0.39 is 12.6 Å². The van der Waals surface area contributed by atoms with Crippen LogP contribution in [0.2, 0.25) is 0 Å². The Morgan fingerprint density at radius 1 is 1.05 bits per heavy atom. The number of amides is 1. The topological polar surface area (TPSA) is 84.9 Å². The van der Waals surface area contributed by atoms with E-state index in [1.807, 2.05) is 0 Å². The van der Waals surface area contributed by atoms with E-state index in [-0.39, 0.29) is 11.7 Å². The lowest BCUT2D eigenvalue weighted by atomic mass is 10.2. The number of ether oxygens (including phenoxy) is 2. The molecule has 2 N–H and O–H groups in total. The normalized spacial score (nSPS) is 9.86. The summed E-state index contributed by atoms with van der Waals surface area (Å²) in [5, 5.41) is 11.4. The van der Waals surface area contributed by atoms with Gasteiger partial charge in [-0.1, -0.05) is 24.3 Å². The number of rotatable bonds is 6. The Hall–Kier alpha value is -3.02. The molecule has 0 saturated carbocycles. The molecule has 0 aromatic heterocycles. The molecule has 0 atom stereocenters. The van der Waals surface area contributed by atoms with Crippen LogP contribution in [0.15, 0.2) is 48.5 Å². The lowest BCUT2D eigenvalue weighted by Gasteiger charge is -2.12. The summed E-state index contributed by atoms with van der Waals surface area (Å²) in [6.07, 6.45) is 0. The Labute approximate surface area is 127 Å². The lowest BCUT2D eigenvalue weighted by molar-refractivity contribution is -0.139. The summed E-state index contributed by atoms with van der Waals surface area (Å²) in [5.74, 6) is -0.730. The summed E-state index contributed by atoms with van der Waals surface area (Å²) >= 11 is 0. The van der Waals surface area contributed by atoms with E-state index in [2.05, 4.69) is 5.32 Å². The van der Waals surface area contributed by atoms with Crippen molar-refractivity contribution in [1.82, 2.24) is 0 Å². The minimum Gasteiger partial charge on any atom is -0.496 e. The number of carboxylic acids is 1. The number of anilines is 1. The first kappa shape index (κ1) is 15.4. The first-order valence-electron chi connectivity index (χ1n) is 6.50. The van der Waals surface area contributed by atoms with Crippen LogP contribution in [0, 0.1) is 0 Å². The molecule has 0 bridgehead atoms. The predicted molar refractivity (Wildman–Crippen MR) is 80.5 cm³/mol. The second-order valence-electron chi connectivity index (χ2n) is 4.33. The summed E-state index contributed by atoms with van der Waals surface area (Å²) in [5.41, 5.74) is 0.762. The van der Waals surface area contributed by atoms with E-state index >= 15 is 0 Å². The van der Waals surface area contributed by atoms with Crippen molar-refractivity contribution in [3.63, 3.8) is 0 Å². The van der Waals surface area contributed by atoms with Crippen LogP contribution < -0.4 is 14.8 Å². The Kier molecular flexibility index (Phi) is 4.98. The maximum atomic E-state index is 12.3. The summed E-state index contributed by atoms with van der Waals surface area (Å²) in [4.78, 5) is 22.9. The third-order valence-electron chi connectivity index (χ3n) is 2.84. The SMILES string of the molecule is COc1ccccc1C(=O)Nc1ccccc1OCC(=O)O. The van der Waals surface area contributed by atoms with Crippen molar-refractivity contribution >= 4 is 17.6 Å². The van der Waals surface area contributed by atoms with Gasteiger partial charge >= 0.3 is 5.97 Å². The largest absolute Gasteiger partial charge is 0.496 e. The monoisotopic (exact) mass is 301 g/mol. The molecule has 1 amide bonds. The summed E-state index contributed by atoms with van der Waals surface area (Å²) in [6, 6.07) is 13.4. The quantitative estimate of drug-likeness (QED) is 0.856. The Morgan fingerprint density at radius 2 is 1.68 bits per heavy atom. The number of hydrogen-bond donors (Lipinski definition) is 2. The van der Waals surface area contributed by atoms with Gasteiger partial charge in [0.05, 0.1) is 18.4 Å². The molecule has 6 nitrogen and oxygen atoms in total. The maximum Gasteiger partial charge on any atom is 0.341 e. The van der Waals surface area contributed by atoms with Crippen LogP contribution in [0.1, 0.15) is 10.4 Å². The molecule has 0 fully saturated rings. The van der Waals surface area contributed by atoms with Crippen molar-refractivity contribution in [2.75, 3.05) is 19.0 Å². The third-order valence-corrected chi connectivity index (χ3v) is 2.84. The average Bonchev–Trinajstić information content (AvgIpc) is 2.53. The summed E-state index contributed by atoms with van der Waals surface area (Å²) < 4.78 is 10.3. The molecule has 0 unspecified atom stereocenters. The fraction of sp³-hybridized carbons (Fsp3) is 0.125. The number of para-hydroxylation sites is 3. The molecule has 0 aliphatic rings. The molecule has 0 aliphatic heterocycles. The smallest absolute Gasteiger partial charge is 0.341 e. The third kappa shape index (κ3) is 3.76. The molecule has 2 aromatic rings. The van der Waals surface area contributed by atoms with E-state index in [4.69, 9.17) is 14.6 Å². The van der Waals surface area contributed by atoms with Gasteiger partial charge in [0.1, 0.15) is 11.5 Å². The van der Waals surface area contributed by atoms with E-state index in [0.717, 1.165) is 0 Å². The number of nitrogens with one attached hydrogen (secondary N) is 1. The number of carbonyl (C=O) groups is 2. The van der Waals surface area contributed by atoms with Crippen molar-refractivity contribution in [3.05, 3.63) is 54.1 Å². The van der Waals surface area contributed by atoms with Crippen LogP contribution in [0.25, 0.3) is 0 Å². The van der Waals surface area contributed by atoms with Crippen LogP contribution in [-0.2, 0) is 4.79 Å². The standard InChI is InChI=1S/C16H15NO5/c1-21-13-8-4-2-6-11(13)16(20)17-12-7-3-5-9-14(12)22-10-15(18)19/h2-9H,10H2,1H3,(H,17,20)(H,18,19). The number of benzene rings is 2. The first-order valence-corrected chi connectivity index (χ1v) is 6.50. The maximum absolute atomic E-state index is 12.3. The van der Waals surface area contributed by atoms with Crippen molar-refractivity contribution in [2.45, 2.75) is 0 Å². The number of aliphatic carboxylic acids is 1. The van der Waals surface area contributed by atoms with Crippen molar-refractivity contribution in [3.8, 4) is 11.5 Å². The molecule has 22 heavy (non-hydrogen) atoms. The molecule has 6 heteroatoms. The minimum absolute atomic E-state index is 0.285. The van der Waals surface area contributed by atoms with Gasteiger partial charge in [-0.3, -0.25) is 4.79 Å². The zero-order valence-electron chi connectivity index (χ0n) is 11.9. The zero-order chi connectivity index (χ0) is 15.9. The van der Waals surface area contributed by atoms with E-state index in [1.54, 1.807) is 48.5 Å². The molecular formula is C16H15NO5. The average molecular weight is 301 g/mol. The van der Waals surface area contributed by atoms with Crippen molar-refractivity contribution < 1.29 is 24.2 Å². The van der Waals surface area contributed by atoms with Gasteiger partial charge in [-0.25, -0.2) is 4.79 Å². The second kappa shape index (κ2) is 7.12. The van der Waals surface area contributed by atoms with E-state index in [9.17, 15) is 9.59 Å². The molecule has 2 rings (SSSR count). The molecule has 114 valence electrons. The number of hydrogen-bond acceptors (Lipinski definition) is 4. The molecule has 0 saturated heterocycles. The number of carboxylic acid groups (broad SMARTS) is 1. The fourth-order valence-corrected chi connectivity index (χ4v) is 1.86. The molecule has 0 radical (unpaired) electrons. The van der Waals surface area contributed by atoms with Crippen LogP contribution in [0.5, 0.6) is 11.5 Å². The molecule has 2 aromatic carbocycles. The van der Waals surface area contributed by atoms with Gasteiger partial charge < -0.3 is 19.9 Å². The highest BCUT2D eigenvalue weighted by molar-refractivity contribution is 6.06. The van der Waals surface area contributed by atoms with Gasteiger partial charge in [-0.15, -0.1) is 0 Å². The van der Waals surface area contributed by atoms with Crippen LogP contribution in [-0.4, -0.2) is 30.7 Å². The number of carbonyl (C=O) groups excluding carboxylic acids is 1. The van der Waals surface area contributed by atoms with Crippen LogP contribution >= 0.6 is 0 Å². The van der Waals surface area contributed by atoms with E-state index in [0.29, 0.717) is 17.0 Å². The van der Waals surface area contributed by atoms with Crippen LogP contribution in [0.4, 0.5) is 5.69 Å². The second-order valence-corrected chi connectivity index (χ2v) is 4.33. The predicted octanol–water partition coefficient (Wildman–Crippen LogP) is 2.41. The van der Waals surface area contributed by atoms with Gasteiger partial charge in [0.25, 0.3) is 5.91 Å². The first-order chi connectivity index (χ1) is 10.6. The minimum atomic E-state index is -1.09. The lowest BCUT2D eigenvalue weighted by Crippen LogP contribution is -2.15. The Bertz CT molecular complexity index is 684. The molecular weight excluding hydrogens is 286 g/mol.